The number of hydrogen-bond donors (Lipinski definition) is 3. The molecule has 2 aliphatic carbocycles. The van der Waals surface area contributed by atoms with Gasteiger partial charge in [-0.15, -0.1) is 0 Å². The lowest BCUT2D eigenvalue weighted by Gasteiger charge is -2.28. The van der Waals surface area contributed by atoms with E-state index in [1.165, 1.54) is 5.56 Å². The third kappa shape index (κ3) is 3.10. The van der Waals surface area contributed by atoms with E-state index in [9.17, 15) is 4.79 Å². The van der Waals surface area contributed by atoms with Crippen molar-refractivity contribution < 1.29 is 4.79 Å². The number of rotatable bonds is 3. The highest BCUT2D eigenvalue weighted by atomic mass is 79.9. The second-order valence-corrected chi connectivity index (χ2v) is 9.16. The molecule has 134 valence electrons. The Bertz CT molecular complexity index is 828. The zero-order chi connectivity index (χ0) is 17.8. The van der Waals surface area contributed by atoms with Gasteiger partial charge in [-0.1, -0.05) is 20.3 Å². The number of fused-ring (bicyclic) bond motifs is 1. The third-order valence-corrected chi connectivity index (χ3v) is 6.54. The molecule has 0 aliphatic heterocycles. The summed E-state index contributed by atoms with van der Waals surface area (Å²) in [4.78, 5) is 20.3. The van der Waals surface area contributed by atoms with Crippen molar-refractivity contribution >= 4 is 38.6 Å². The number of halogens is 1. The van der Waals surface area contributed by atoms with Crippen molar-refractivity contribution in [2.45, 2.75) is 57.9 Å². The first-order valence-electron chi connectivity index (χ1n) is 9.09. The molecule has 3 atom stereocenters. The highest BCUT2D eigenvalue weighted by Crippen LogP contribution is 2.52. The van der Waals surface area contributed by atoms with Gasteiger partial charge in [-0.05, 0) is 58.5 Å². The van der Waals surface area contributed by atoms with Gasteiger partial charge in [0.2, 0.25) is 5.91 Å². The summed E-state index contributed by atoms with van der Waals surface area (Å²) in [6.07, 6.45) is 9.01. The van der Waals surface area contributed by atoms with Gasteiger partial charge in [-0.3, -0.25) is 4.79 Å². The molecule has 0 spiro atoms. The van der Waals surface area contributed by atoms with Crippen molar-refractivity contribution in [1.29, 1.82) is 0 Å². The quantitative estimate of drug-likeness (QED) is 0.712. The highest BCUT2D eigenvalue weighted by molar-refractivity contribution is 9.10. The minimum atomic E-state index is 0.101. The average molecular weight is 405 g/mol. The van der Waals surface area contributed by atoms with Crippen LogP contribution in [0, 0.1) is 11.3 Å². The molecule has 0 saturated heterocycles. The van der Waals surface area contributed by atoms with Crippen molar-refractivity contribution in [3.8, 4) is 0 Å². The number of hydrogen-bond acceptors (Lipinski definition) is 3. The van der Waals surface area contributed by atoms with E-state index in [4.69, 9.17) is 5.73 Å². The van der Waals surface area contributed by atoms with Crippen LogP contribution in [0.15, 0.2) is 16.9 Å². The number of aromatic nitrogens is 2. The molecular formula is C19H25BrN4O. The number of nitrogens with one attached hydrogen (secondary N) is 2. The maximum absolute atomic E-state index is 12.6. The fourth-order valence-corrected chi connectivity index (χ4v) is 4.84. The summed E-state index contributed by atoms with van der Waals surface area (Å²) in [5.41, 5.74) is 9.23. The van der Waals surface area contributed by atoms with Gasteiger partial charge in [0.25, 0.3) is 0 Å². The molecule has 2 aromatic heterocycles. The Labute approximate surface area is 156 Å². The maximum Gasteiger partial charge on any atom is 0.228 e. The zero-order valence-corrected chi connectivity index (χ0v) is 16.3. The van der Waals surface area contributed by atoms with Gasteiger partial charge in [0.1, 0.15) is 5.65 Å². The fraction of sp³-hybridized carbons (Fsp3) is 0.579. The molecule has 2 aromatic rings. The van der Waals surface area contributed by atoms with E-state index in [1.807, 2.05) is 12.4 Å². The minimum Gasteiger partial charge on any atom is -0.344 e. The Morgan fingerprint density at radius 2 is 2.20 bits per heavy atom. The number of nitrogens with two attached hydrogens (primary N) is 1. The van der Waals surface area contributed by atoms with Crippen LogP contribution < -0.4 is 11.1 Å². The summed E-state index contributed by atoms with van der Waals surface area (Å²) in [5.74, 6) is 0.605. The highest BCUT2D eigenvalue weighted by Gasteiger charge is 2.50. The molecule has 2 heterocycles. The molecule has 2 fully saturated rings. The number of amides is 1. The van der Waals surface area contributed by atoms with E-state index in [0.717, 1.165) is 53.3 Å². The van der Waals surface area contributed by atoms with Gasteiger partial charge in [-0.25, -0.2) is 4.98 Å². The van der Waals surface area contributed by atoms with E-state index < -0.39 is 0 Å². The van der Waals surface area contributed by atoms with Gasteiger partial charge in [0, 0.05) is 34.2 Å². The summed E-state index contributed by atoms with van der Waals surface area (Å²) in [7, 11) is 0. The van der Waals surface area contributed by atoms with E-state index in [-0.39, 0.29) is 23.3 Å². The Morgan fingerprint density at radius 3 is 2.88 bits per heavy atom. The molecule has 1 amide bonds. The molecule has 0 aromatic carbocycles. The predicted octanol–water partition coefficient (Wildman–Crippen LogP) is 4.29. The SMILES string of the molecule is CC1(C)CC1C(=O)Nc1c[nH]c2ncc(Br)c(C3CCC[C@@H](N)C3)c12. The van der Waals surface area contributed by atoms with E-state index in [0.29, 0.717) is 5.92 Å². The number of carbonyl (C=O) groups excluding carboxylic acids is 1. The van der Waals surface area contributed by atoms with Gasteiger partial charge in [0.05, 0.1) is 5.69 Å². The van der Waals surface area contributed by atoms with Crippen molar-refractivity contribution in [3.63, 3.8) is 0 Å². The van der Waals surface area contributed by atoms with Crippen LogP contribution in [0.25, 0.3) is 11.0 Å². The lowest BCUT2D eigenvalue weighted by molar-refractivity contribution is -0.117. The monoisotopic (exact) mass is 404 g/mol. The van der Waals surface area contributed by atoms with E-state index in [2.05, 4.69) is 45.1 Å². The molecule has 25 heavy (non-hydrogen) atoms. The van der Waals surface area contributed by atoms with Crippen LogP contribution in [0.2, 0.25) is 0 Å². The van der Waals surface area contributed by atoms with Crippen molar-refractivity contribution in [2.24, 2.45) is 17.1 Å². The summed E-state index contributed by atoms with van der Waals surface area (Å²) < 4.78 is 1.00. The maximum atomic E-state index is 12.6. The first-order chi connectivity index (χ1) is 11.9. The van der Waals surface area contributed by atoms with Gasteiger partial charge >= 0.3 is 0 Å². The number of anilines is 1. The third-order valence-electron chi connectivity index (χ3n) is 5.90. The molecule has 2 unspecified atom stereocenters. The molecule has 4 rings (SSSR count). The van der Waals surface area contributed by atoms with Crippen LogP contribution >= 0.6 is 15.9 Å². The van der Waals surface area contributed by atoms with Crippen LogP contribution in [0.1, 0.15) is 57.4 Å². The fourth-order valence-electron chi connectivity index (χ4n) is 4.22. The normalized spacial score (nSPS) is 28.1. The lowest BCUT2D eigenvalue weighted by Crippen LogP contribution is -2.27. The van der Waals surface area contributed by atoms with Crippen molar-refractivity contribution in [2.75, 3.05) is 5.32 Å². The average Bonchev–Trinajstić information content (AvgIpc) is 3.02. The van der Waals surface area contributed by atoms with E-state index in [1.54, 1.807) is 0 Å². The number of nitrogens with zero attached hydrogens (tertiary/aromatic N) is 1. The standard InChI is InChI=1S/C19H25BrN4O/c1-19(2)7-12(19)18(25)24-14-9-23-17-16(14)15(13(20)8-22-17)10-4-3-5-11(21)6-10/h8-12H,3-7,21H2,1-2H3,(H,22,23)(H,24,25)/t10?,11-,12?/m1/s1. The molecule has 4 N–H and O–H groups in total. The predicted molar refractivity (Wildman–Crippen MR) is 103 cm³/mol. The van der Waals surface area contributed by atoms with Crippen LogP contribution in [0.4, 0.5) is 5.69 Å². The van der Waals surface area contributed by atoms with Crippen LogP contribution in [-0.2, 0) is 4.79 Å². The van der Waals surface area contributed by atoms with E-state index >= 15 is 0 Å². The Kier molecular flexibility index (Phi) is 4.15. The summed E-state index contributed by atoms with van der Waals surface area (Å²) in [6, 6.07) is 0.248. The second kappa shape index (κ2) is 6.09. The smallest absolute Gasteiger partial charge is 0.228 e. The number of pyridine rings is 1. The van der Waals surface area contributed by atoms with Crippen molar-refractivity contribution in [1.82, 2.24) is 9.97 Å². The molecule has 2 aliphatic rings. The molecule has 5 nitrogen and oxygen atoms in total. The number of carbonyl (C=O) groups is 1. The Balaban J connectivity index is 1.71. The first-order valence-corrected chi connectivity index (χ1v) is 9.88. The molecule has 2 saturated carbocycles. The van der Waals surface area contributed by atoms with Crippen LogP contribution in [0.3, 0.4) is 0 Å². The number of aromatic amines is 1. The zero-order valence-electron chi connectivity index (χ0n) is 14.7. The first kappa shape index (κ1) is 17.0. The second-order valence-electron chi connectivity index (χ2n) is 8.30. The summed E-state index contributed by atoms with van der Waals surface area (Å²) >= 11 is 3.69. The topological polar surface area (TPSA) is 83.8 Å². The lowest BCUT2D eigenvalue weighted by atomic mass is 9.81. The number of H-pyrrole nitrogens is 1. The van der Waals surface area contributed by atoms with Gasteiger partial charge in [-0.2, -0.15) is 0 Å². The van der Waals surface area contributed by atoms with Crippen LogP contribution in [0.5, 0.6) is 0 Å². The molecule has 6 heteroatoms. The molecular weight excluding hydrogens is 380 g/mol. The van der Waals surface area contributed by atoms with Gasteiger partial charge in [0.15, 0.2) is 0 Å². The Hall–Kier alpha value is -1.40. The van der Waals surface area contributed by atoms with Crippen LogP contribution in [-0.4, -0.2) is 21.9 Å². The largest absolute Gasteiger partial charge is 0.344 e. The summed E-state index contributed by atoms with van der Waals surface area (Å²) in [5, 5.41) is 4.17. The van der Waals surface area contributed by atoms with Gasteiger partial charge < -0.3 is 16.0 Å². The minimum absolute atomic E-state index is 0.101. The summed E-state index contributed by atoms with van der Waals surface area (Å²) in [6.45, 7) is 4.28. The molecule has 0 bridgehead atoms. The Morgan fingerprint density at radius 1 is 1.44 bits per heavy atom. The van der Waals surface area contributed by atoms with Crippen molar-refractivity contribution in [3.05, 3.63) is 22.4 Å². The molecule has 0 radical (unpaired) electrons.